The van der Waals surface area contributed by atoms with Crippen LogP contribution >= 0.6 is 8.25 Å². The predicted molar refractivity (Wildman–Crippen MR) is 65.8 cm³/mol. The van der Waals surface area contributed by atoms with Crippen LogP contribution in [0.4, 0.5) is 0 Å². The molecule has 0 aromatic carbocycles. The van der Waals surface area contributed by atoms with Gasteiger partial charge in [-0.1, -0.05) is 20.4 Å². The molecule has 0 aliphatic carbocycles. The Morgan fingerprint density at radius 3 is 2.12 bits per heavy atom. The van der Waals surface area contributed by atoms with E-state index in [1.54, 1.807) is 0 Å². The number of carbonyl (C=O) groups excluding carboxylic acids is 1. The lowest BCUT2D eigenvalue weighted by molar-refractivity contribution is -0.199. The molecular weight excluding hydrogens is 243 g/mol. The highest BCUT2D eigenvalue weighted by Gasteiger charge is 2.35. The molecule has 0 aromatic rings. The molecule has 5 nitrogen and oxygen atoms in total. The summed E-state index contributed by atoms with van der Waals surface area (Å²) in [6, 6.07) is 0. The van der Waals surface area contributed by atoms with E-state index in [2.05, 4.69) is 6.58 Å². The van der Waals surface area contributed by atoms with Crippen LogP contribution in [0.5, 0.6) is 0 Å². The largest absolute Gasteiger partial charge is 0.429 e. The highest BCUT2D eigenvalue weighted by Crippen LogP contribution is 2.35. The van der Waals surface area contributed by atoms with Gasteiger partial charge in [0.1, 0.15) is 0 Å². The molecule has 0 saturated carbocycles. The molecule has 0 aliphatic heterocycles. The number of hydrogen-bond acceptors (Lipinski definition) is 4. The standard InChI is InChI=1S/C11H21O5P/c1-5-7-11(8-6-2,16-17(13)14)15-10(12)9(3)4/h17H,3,5-8H2,1-2,4H3,(H,13,14). The fourth-order valence-corrected chi connectivity index (χ4v) is 2.09. The minimum absolute atomic E-state index is 0.239. The SMILES string of the molecule is C=C(C)C(=O)OC(CCC)(CCC)O[PH](=O)O. The second-order valence-corrected chi connectivity index (χ2v) is 4.68. The first-order valence-electron chi connectivity index (χ1n) is 5.67. The third-order valence-corrected chi connectivity index (χ3v) is 2.71. The summed E-state index contributed by atoms with van der Waals surface area (Å²) in [5.74, 6) is -1.90. The number of rotatable bonds is 8. The van der Waals surface area contributed by atoms with Gasteiger partial charge in [-0.3, -0.25) is 9.09 Å². The van der Waals surface area contributed by atoms with Crippen molar-refractivity contribution in [1.82, 2.24) is 0 Å². The number of ether oxygens (including phenoxy) is 1. The first kappa shape index (κ1) is 16.4. The van der Waals surface area contributed by atoms with Crippen LogP contribution in [0.25, 0.3) is 0 Å². The third-order valence-electron chi connectivity index (χ3n) is 2.16. The van der Waals surface area contributed by atoms with Gasteiger partial charge in [0.2, 0.25) is 5.79 Å². The summed E-state index contributed by atoms with van der Waals surface area (Å²) in [5.41, 5.74) is 0.239. The van der Waals surface area contributed by atoms with E-state index in [0.29, 0.717) is 25.7 Å². The minimum atomic E-state index is -3.16. The predicted octanol–water partition coefficient (Wildman–Crippen LogP) is 2.80. The maximum absolute atomic E-state index is 11.5. The summed E-state index contributed by atoms with van der Waals surface area (Å²) in [4.78, 5) is 20.4. The van der Waals surface area contributed by atoms with Crippen molar-refractivity contribution in [3.63, 3.8) is 0 Å². The Morgan fingerprint density at radius 2 is 1.82 bits per heavy atom. The Kier molecular flexibility index (Phi) is 7.35. The Hall–Kier alpha value is -0.640. The molecule has 0 aromatic heterocycles. The second-order valence-electron chi connectivity index (χ2n) is 3.95. The smallest absolute Gasteiger partial charge is 0.335 e. The van der Waals surface area contributed by atoms with E-state index in [-0.39, 0.29) is 5.57 Å². The van der Waals surface area contributed by atoms with Crippen LogP contribution < -0.4 is 0 Å². The van der Waals surface area contributed by atoms with Gasteiger partial charge in [0, 0.05) is 18.4 Å². The first-order chi connectivity index (χ1) is 7.87. The summed E-state index contributed by atoms with van der Waals surface area (Å²) in [6.45, 7) is 8.77. The van der Waals surface area contributed by atoms with Crippen LogP contribution in [0.1, 0.15) is 46.5 Å². The zero-order valence-electron chi connectivity index (χ0n) is 10.6. The molecule has 0 radical (unpaired) electrons. The molecular formula is C11H21O5P. The average molecular weight is 264 g/mol. The minimum Gasteiger partial charge on any atom is -0.429 e. The Morgan fingerprint density at radius 1 is 1.35 bits per heavy atom. The summed E-state index contributed by atoms with van der Waals surface area (Å²) in [7, 11) is -3.16. The normalized spacial score (nSPS) is 13.2. The highest BCUT2D eigenvalue weighted by molar-refractivity contribution is 7.32. The molecule has 0 spiro atoms. The lowest BCUT2D eigenvalue weighted by Gasteiger charge is -2.31. The molecule has 0 saturated heterocycles. The van der Waals surface area contributed by atoms with Crippen LogP contribution in [-0.4, -0.2) is 16.6 Å². The van der Waals surface area contributed by atoms with Crippen LogP contribution in [0.3, 0.4) is 0 Å². The monoisotopic (exact) mass is 264 g/mol. The van der Waals surface area contributed by atoms with Crippen LogP contribution in [-0.2, 0) is 18.6 Å². The molecule has 6 heteroatoms. The molecule has 1 unspecified atom stereocenters. The van der Waals surface area contributed by atoms with Crippen LogP contribution in [0.15, 0.2) is 12.2 Å². The van der Waals surface area contributed by atoms with Crippen molar-refractivity contribution in [2.45, 2.75) is 52.2 Å². The molecule has 0 amide bonds. The van der Waals surface area contributed by atoms with Gasteiger partial charge in [0.15, 0.2) is 0 Å². The van der Waals surface area contributed by atoms with Crippen molar-refractivity contribution in [2.75, 3.05) is 0 Å². The van der Waals surface area contributed by atoms with Crippen molar-refractivity contribution < 1.29 is 23.5 Å². The first-order valence-corrected chi connectivity index (χ1v) is 6.94. The fourth-order valence-electron chi connectivity index (χ4n) is 1.53. The third kappa shape index (κ3) is 6.01. The summed E-state index contributed by atoms with van der Waals surface area (Å²) in [5, 5.41) is 0. The second kappa shape index (κ2) is 7.64. The quantitative estimate of drug-likeness (QED) is 0.316. The van der Waals surface area contributed by atoms with E-state index >= 15 is 0 Å². The molecule has 1 N–H and O–H groups in total. The molecule has 0 aliphatic rings. The Labute approximate surface area is 103 Å². The van der Waals surface area contributed by atoms with Gasteiger partial charge >= 0.3 is 14.2 Å². The molecule has 17 heavy (non-hydrogen) atoms. The van der Waals surface area contributed by atoms with Crippen LogP contribution in [0, 0.1) is 0 Å². The van der Waals surface area contributed by atoms with Gasteiger partial charge in [-0.2, -0.15) is 0 Å². The van der Waals surface area contributed by atoms with Crippen molar-refractivity contribution in [2.24, 2.45) is 0 Å². The molecule has 0 bridgehead atoms. The van der Waals surface area contributed by atoms with Crippen molar-refractivity contribution in [3.05, 3.63) is 12.2 Å². The number of carbonyl (C=O) groups is 1. The van der Waals surface area contributed by atoms with Crippen LogP contribution in [0.2, 0.25) is 0 Å². The van der Waals surface area contributed by atoms with E-state index in [1.807, 2.05) is 13.8 Å². The lowest BCUT2D eigenvalue weighted by atomic mass is 10.1. The van der Waals surface area contributed by atoms with Crippen molar-refractivity contribution in [1.29, 1.82) is 0 Å². The summed E-state index contributed by atoms with van der Waals surface area (Å²) >= 11 is 0. The molecule has 1 atom stereocenters. The summed E-state index contributed by atoms with van der Waals surface area (Å²) < 4.78 is 21.0. The molecule has 0 fully saturated rings. The van der Waals surface area contributed by atoms with Gasteiger partial charge in [-0.25, -0.2) is 4.79 Å². The molecule has 100 valence electrons. The van der Waals surface area contributed by atoms with E-state index in [9.17, 15) is 9.36 Å². The van der Waals surface area contributed by atoms with E-state index in [1.165, 1.54) is 6.92 Å². The zero-order valence-corrected chi connectivity index (χ0v) is 11.6. The zero-order chi connectivity index (χ0) is 13.5. The van der Waals surface area contributed by atoms with Gasteiger partial charge in [-0.15, -0.1) is 0 Å². The average Bonchev–Trinajstić information content (AvgIpc) is 2.16. The van der Waals surface area contributed by atoms with Gasteiger partial charge in [0.25, 0.3) is 0 Å². The number of hydrogen-bond donors (Lipinski definition) is 1. The highest BCUT2D eigenvalue weighted by atomic mass is 31.1. The van der Waals surface area contributed by atoms with E-state index in [4.69, 9.17) is 14.2 Å². The van der Waals surface area contributed by atoms with E-state index in [0.717, 1.165) is 0 Å². The fraction of sp³-hybridized carbons (Fsp3) is 0.727. The van der Waals surface area contributed by atoms with Gasteiger partial charge in [-0.05, 0) is 19.8 Å². The maximum atomic E-state index is 11.5. The van der Waals surface area contributed by atoms with Crippen molar-refractivity contribution >= 4 is 14.2 Å². The molecule has 0 heterocycles. The Balaban J connectivity index is 4.93. The van der Waals surface area contributed by atoms with Gasteiger partial charge < -0.3 is 9.63 Å². The maximum Gasteiger partial charge on any atom is 0.335 e. The summed E-state index contributed by atoms with van der Waals surface area (Å²) in [6.07, 6.45) is 2.13. The van der Waals surface area contributed by atoms with Crippen molar-refractivity contribution in [3.8, 4) is 0 Å². The lowest BCUT2D eigenvalue weighted by Crippen LogP contribution is -2.36. The number of esters is 1. The van der Waals surface area contributed by atoms with E-state index < -0.39 is 20.0 Å². The van der Waals surface area contributed by atoms with Gasteiger partial charge in [0.05, 0.1) is 0 Å². The topological polar surface area (TPSA) is 72.8 Å². The Bertz CT molecular complexity index is 294. The molecule has 0 rings (SSSR count).